The molecule has 0 spiro atoms. The molecule has 54 heavy (non-hydrogen) atoms. The molecule has 0 saturated heterocycles. The van der Waals surface area contributed by atoms with Crippen molar-refractivity contribution in [1.29, 1.82) is 0 Å². The summed E-state index contributed by atoms with van der Waals surface area (Å²) in [5.41, 5.74) is 9.42. The van der Waals surface area contributed by atoms with Crippen molar-refractivity contribution in [2.75, 3.05) is 6.61 Å². The number of rotatable bonds is 8. The van der Waals surface area contributed by atoms with E-state index in [1.54, 1.807) is 6.08 Å². The van der Waals surface area contributed by atoms with Crippen LogP contribution in [0.1, 0.15) is 20.8 Å². The highest BCUT2D eigenvalue weighted by molar-refractivity contribution is 6.10. The van der Waals surface area contributed by atoms with Crippen molar-refractivity contribution < 1.29 is 9.15 Å². The predicted octanol–water partition coefficient (Wildman–Crippen LogP) is 12.7. The van der Waals surface area contributed by atoms with E-state index in [-0.39, 0.29) is 0 Å². The average Bonchev–Trinajstić information content (AvgIpc) is 3.92. The van der Waals surface area contributed by atoms with Gasteiger partial charge in [0.25, 0.3) is 0 Å². The Balaban J connectivity index is 0.000000468. The molecule has 264 valence electrons. The van der Waals surface area contributed by atoms with Gasteiger partial charge in [0.2, 0.25) is 11.8 Å². The van der Waals surface area contributed by atoms with Crippen LogP contribution >= 0.6 is 0 Å². The lowest BCUT2D eigenvalue weighted by molar-refractivity contribution is 0.340. The minimum atomic E-state index is 0.442. The quantitative estimate of drug-likeness (QED) is 0.148. The fourth-order valence-corrected chi connectivity index (χ4v) is 7.22. The molecular formula is C48H40N4O2. The molecule has 3 heterocycles. The number of fused-ring (bicyclic) bond motifs is 6. The summed E-state index contributed by atoms with van der Waals surface area (Å²) < 4.78 is 16.8. The molecule has 6 nitrogen and oxygen atoms in total. The maximum absolute atomic E-state index is 6.39. The van der Waals surface area contributed by atoms with E-state index in [0.717, 1.165) is 50.3 Å². The first-order valence-electron chi connectivity index (χ1n) is 18.2. The highest BCUT2D eigenvalue weighted by Crippen LogP contribution is 2.38. The number of allylic oxidation sites excluding steroid dienone is 5. The maximum atomic E-state index is 6.39. The molecule has 0 aliphatic heterocycles. The van der Waals surface area contributed by atoms with Gasteiger partial charge in [-0.15, -0.1) is 10.2 Å². The van der Waals surface area contributed by atoms with E-state index in [2.05, 4.69) is 141 Å². The van der Waals surface area contributed by atoms with Crippen LogP contribution in [0.5, 0.6) is 5.75 Å². The second-order valence-electron chi connectivity index (χ2n) is 13.0. The largest absolute Gasteiger partial charge is 0.494 e. The molecule has 0 aliphatic carbocycles. The SMILES string of the molecule is C=C/C=C(C)\C=C/C.CCOc1cccc(-c2nnc(-c3cc(-n4c5ccccc5c5ccccc54)cc(-n4c5ccccc5c5ccccc54)c3)o2)c1. The first kappa shape index (κ1) is 34.2. The second-order valence-corrected chi connectivity index (χ2v) is 13.0. The van der Waals surface area contributed by atoms with Crippen LogP contribution in [0.3, 0.4) is 0 Å². The summed E-state index contributed by atoms with van der Waals surface area (Å²) in [6, 6.07) is 48.5. The van der Waals surface area contributed by atoms with Gasteiger partial charge >= 0.3 is 0 Å². The van der Waals surface area contributed by atoms with Crippen LogP contribution in [0.15, 0.2) is 180 Å². The van der Waals surface area contributed by atoms with Crippen molar-refractivity contribution in [3.8, 4) is 40.0 Å². The van der Waals surface area contributed by atoms with E-state index in [0.29, 0.717) is 18.4 Å². The highest BCUT2D eigenvalue weighted by Gasteiger charge is 2.19. The molecule has 0 fully saturated rings. The summed E-state index contributed by atoms with van der Waals surface area (Å²) in [7, 11) is 0. The molecule has 0 amide bonds. The van der Waals surface area contributed by atoms with E-state index in [4.69, 9.17) is 9.15 Å². The van der Waals surface area contributed by atoms with Gasteiger partial charge in [-0.05, 0) is 81.4 Å². The third-order valence-corrected chi connectivity index (χ3v) is 9.45. The lowest BCUT2D eigenvalue weighted by Gasteiger charge is -2.14. The van der Waals surface area contributed by atoms with Gasteiger partial charge in [-0.1, -0.05) is 115 Å². The molecule has 0 N–H and O–H groups in total. The molecule has 0 radical (unpaired) electrons. The summed E-state index contributed by atoms with van der Waals surface area (Å²) in [6.07, 6.45) is 7.81. The second kappa shape index (κ2) is 15.0. The normalized spacial score (nSPS) is 11.8. The lowest BCUT2D eigenvalue weighted by atomic mass is 10.1. The summed E-state index contributed by atoms with van der Waals surface area (Å²) in [5, 5.41) is 13.8. The van der Waals surface area contributed by atoms with Gasteiger partial charge in [-0.3, -0.25) is 0 Å². The average molecular weight is 705 g/mol. The zero-order valence-electron chi connectivity index (χ0n) is 30.6. The van der Waals surface area contributed by atoms with E-state index in [1.165, 1.54) is 27.1 Å². The Kier molecular flexibility index (Phi) is 9.48. The van der Waals surface area contributed by atoms with Gasteiger partial charge in [0.1, 0.15) is 5.75 Å². The predicted molar refractivity (Wildman–Crippen MR) is 224 cm³/mol. The fourth-order valence-electron chi connectivity index (χ4n) is 7.22. The number of ether oxygens (including phenoxy) is 1. The molecule has 9 rings (SSSR count). The minimum Gasteiger partial charge on any atom is -0.494 e. The molecular weight excluding hydrogens is 665 g/mol. The third-order valence-electron chi connectivity index (χ3n) is 9.45. The van der Waals surface area contributed by atoms with Gasteiger partial charge in [0, 0.05) is 44.0 Å². The Morgan fingerprint density at radius 2 is 1.11 bits per heavy atom. The van der Waals surface area contributed by atoms with Gasteiger partial charge in [0.05, 0.1) is 28.7 Å². The summed E-state index contributed by atoms with van der Waals surface area (Å²) >= 11 is 0. The number of hydrogen-bond acceptors (Lipinski definition) is 4. The van der Waals surface area contributed by atoms with Crippen LogP contribution in [-0.4, -0.2) is 25.9 Å². The van der Waals surface area contributed by atoms with E-state index >= 15 is 0 Å². The Labute approximate surface area is 314 Å². The molecule has 6 aromatic carbocycles. The van der Waals surface area contributed by atoms with Gasteiger partial charge in [0.15, 0.2) is 0 Å². The van der Waals surface area contributed by atoms with Crippen molar-refractivity contribution >= 4 is 43.6 Å². The van der Waals surface area contributed by atoms with Crippen molar-refractivity contribution in [3.63, 3.8) is 0 Å². The first-order valence-corrected chi connectivity index (χ1v) is 18.2. The zero-order valence-corrected chi connectivity index (χ0v) is 30.6. The smallest absolute Gasteiger partial charge is 0.248 e. The number of nitrogens with zero attached hydrogens (tertiary/aromatic N) is 4. The molecule has 0 unspecified atom stereocenters. The van der Waals surface area contributed by atoms with E-state index < -0.39 is 0 Å². The Hall–Kier alpha value is -6.92. The molecule has 0 bridgehead atoms. The van der Waals surface area contributed by atoms with Crippen LogP contribution < -0.4 is 4.74 Å². The van der Waals surface area contributed by atoms with Crippen LogP contribution in [0, 0.1) is 0 Å². The minimum absolute atomic E-state index is 0.442. The number of para-hydroxylation sites is 4. The van der Waals surface area contributed by atoms with E-state index in [1.807, 2.05) is 63.3 Å². The molecule has 0 saturated carbocycles. The van der Waals surface area contributed by atoms with E-state index in [9.17, 15) is 0 Å². The van der Waals surface area contributed by atoms with Gasteiger partial charge in [-0.25, -0.2) is 0 Å². The Morgan fingerprint density at radius 1 is 0.630 bits per heavy atom. The van der Waals surface area contributed by atoms with Crippen molar-refractivity contribution in [2.45, 2.75) is 20.8 Å². The third kappa shape index (κ3) is 6.39. The topological polar surface area (TPSA) is 58.0 Å². The maximum Gasteiger partial charge on any atom is 0.248 e. The number of hydrogen-bond donors (Lipinski definition) is 0. The summed E-state index contributed by atoms with van der Waals surface area (Å²) in [5.74, 6) is 1.65. The number of aromatic nitrogens is 4. The molecule has 0 aliphatic rings. The van der Waals surface area contributed by atoms with Gasteiger partial charge < -0.3 is 18.3 Å². The molecule has 9 aromatic rings. The summed E-state index contributed by atoms with van der Waals surface area (Å²) in [4.78, 5) is 0. The number of benzene rings is 6. The van der Waals surface area contributed by atoms with Crippen molar-refractivity contribution in [2.24, 2.45) is 0 Å². The van der Waals surface area contributed by atoms with Crippen LogP contribution in [0.4, 0.5) is 0 Å². The van der Waals surface area contributed by atoms with Crippen molar-refractivity contribution in [3.05, 3.63) is 176 Å². The van der Waals surface area contributed by atoms with Crippen LogP contribution in [0.2, 0.25) is 0 Å². The highest BCUT2D eigenvalue weighted by atomic mass is 16.5. The molecule has 6 heteroatoms. The molecule has 0 atom stereocenters. The first-order chi connectivity index (χ1) is 26.6. The zero-order chi connectivity index (χ0) is 37.0. The van der Waals surface area contributed by atoms with Crippen molar-refractivity contribution in [1.82, 2.24) is 19.3 Å². The van der Waals surface area contributed by atoms with Crippen LogP contribution in [0.25, 0.3) is 77.9 Å². The Bertz CT molecular complexity index is 2610. The standard InChI is InChI=1S/C40H28N4O2.C8H12/c1-2-45-30-13-11-12-26(24-30)39-41-42-40(46-39)27-22-28(43-35-18-7-3-14-31(35)32-15-4-8-19-36(32)43)25-29(23-27)44-37-20-9-5-16-33(37)34-17-6-10-21-38(34)44;1-4-6-8(3)7-5-2/h3-25H,2H2,1H3;4-7H,1H2,2-3H3/b;7-5-,8-6-. The fraction of sp³-hybridized carbons (Fsp3) is 0.0833. The Morgan fingerprint density at radius 3 is 1.57 bits per heavy atom. The monoisotopic (exact) mass is 704 g/mol. The van der Waals surface area contributed by atoms with Gasteiger partial charge in [-0.2, -0.15) is 0 Å². The molecule has 3 aromatic heterocycles. The van der Waals surface area contributed by atoms with Crippen LogP contribution in [-0.2, 0) is 0 Å². The lowest BCUT2D eigenvalue weighted by Crippen LogP contribution is -2.00. The summed E-state index contributed by atoms with van der Waals surface area (Å²) in [6.45, 7) is 10.2.